The van der Waals surface area contributed by atoms with E-state index >= 15 is 0 Å². The van der Waals surface area contributed by atoms with E-state index in [1.807, 2.05) is 24.3 Å². The smallest absolute Gasteiger partial charge is 0.326 e. The molecule has 0 spiro atoms. The van der Waals surface area contributed by atoms with Gasteiger partial charge in [-0.3, -0.25) is 14.4 Å². The third-order valence-electron chi connectivity index (χ3n) is 7.51. The number of hydrogen-bond acceptors (Lipinski definition) is 6. The largest absolute Gasteiger partial charge is 0.508 e. The predicted octanol–water partition coefficient (Wildman–Crippen LogP) is 1.69. The Morgan fingerprint density at radius 1 is 1.05 bits per heavy atom. The van der Waals surface area contributed by atoms with Crippen LogP contribution in [0.25, 0.3) is 10.9 Å². The van der Waals surface area contributed by atoms with Gasteiger partial charge in [-0.2, -0.15) is 0 Å². The molecule has 7 N–H and O–H groups in total. The van der Waals surface area contributed by atoms with Crippen molar-refractivity contribution >= 4 is 34.6 Å². The summed E-state index contributed by atoms with van der Waals surface area (Å²) < 4.78 is 0. The maximum atomic E-state index is 13.6. The number of carboxylic acids is 1. The average molecular weight is 564 g/mol. The molecular formula is C30H37N5O6. The van der Waals surface area contributed by atoms with Gasteiger partial charge in [0, 0.05) is 30.1 Å². The zero-order valence-corrected chi connectivity index (χ0v) is 23.2. The van der Waals surface area contributed by atoms with E-state index in [-0.39, 0.29) is 30.4 Å². The van der Waals surface area contributed by atoms with Gasteiger partial charge in [-0.1, -0.05) is 44.2 Å². The van der Waals surface area contributed by atoms with Crippen LogP contribution in [0.4, 0.5) is 0 Å². The number of aromatic amines is 1. The first-order chi connectivity index (χ1) is 19.5. The second-order valence-corrected chi connectivity index (χ2v) is 10.9. The van der Waals surface area contributed by atoms with Crippen molar-refractivity contribution < 1.29 is 29.4 Å². The van der Waals surface area contributed by atoms with Crippen LogP contribution in [0, 0.1) is 5.92 Å². The fraction of sp³-hybridized carbons (Fsp3) is 0.400. The fourth-order valence-corrected chi connectivity index (χ4v) is 5.25. The van der Waals surface area contributed by atoms with Crippen molar-refractivity contribution in [2.75, 3.05) is 6.54 Å². The Kier molecular flexibility index (Phi) is 9.28. The van der Waals surface area contributed by atoms with Gasteiger partial charge in [-0.15, -0.1) is 0 Å². The molecule has 0 radical (unpaired) electrons. The number of aliphatic carboxylic acids is 1. The molecule has 1 fully saturated rings. The molecule has 0 bridgehead atoms. The van der Waals surface area contributed by atoms with Gasteiger partial charge in [0.1, 0.15) is 23.9 Å². The summed E-state index contributed by atoms with van der Waals surface area (Å²) in [5.74, 6) is -2.92. The number of likely N-dealkylation sites (tertiary alicyclic amines) is 1. The first-order valence-corrected chi connectivity index (χ1v) is 13.8. The summed E-state index contributed by atoms with van der Waals surface area (Å²) in [6.45, 7) is 3.74. The number of nitrogens with zero attached hydrogens (tertiary/aromatic N) is 1. The number of carbonyl (C=O) groups excluding carboxylic acids is 3. The molecule has 0 aliphatic carbocycles. The normalized spacial score (nSPS) is 17.3. The number of phenols is 1. The Bertz CT molecular complexity index is 1400. The number of aromatic hydroxyl groups is 1. The molecule has 1 aromatic heterocycles. The second kappa shape index (κ2) is 12.9. The van der Waals surface area contributed by atoms with Crippen molar-refractivity contribution in [2.24, 2.45) is 11.7 Å². The molecule has 1 aliphatic heterocycles. The third-order valence-corrected chi connectivity index (χ3v) is 7.51. The highest BCUT2D eigenvalue weighted by atomic mass is 16.4. The topological polar surface area (TPSA) is 178 Å². The zero-order chi connectivity index (χ0) is 29.7. The highest BCUT2D eigenvalue weighted by Gasteiger charge is 2.38. The van der Waals surface area contributed by atoms with Crippen LogP contribution in [0.5, 0.6) is 5.75 Å². The number of benzene rings is 2. The van der Waals surface area contributed by atoms with Crippen molar-refractivity contribution in [3.63, 3.8) is 0 Å². The summed E-state index contributed by atoms with van der Waals surface area (Å²) in [6, 6.07) is 10.1. The summed E-state index contributed by atoms with van der Waals surface area (Å²) >= 11 is 0. The number of para-hydroxylation sites is 1. The number of rotatable bonds is 11. The number of phenolic OH excluding ortho intramolecular Hbond substituents is 1. The Morgan fingerprint density at radius 3 is 2.44 bits per heavy atom. The lowest BCUT2D eigenvalue weighted by Crippen LogP contribution is -2.57. The number of aromatic nitrogens is 1. The second-order valence-electron chi connectivity index (χ2n) is 10.9. The Balaban J connectivity index is 1.51. The molecule has 1 saturated heterocycles. The van der Waals surface area contributed by atoms with Crippen LogP contribution in [0.1, 0.15) is 37.8 Å². The van der Waals surface area contributed by atoms with Crippen LogP contribution in [0.2, 0.25) is 0 Å². The van der Waals surface area contributed by atoms with Gasteiger partial charge in [0.15, 0.2) is 0 Å². The van der Waals surface area contributed by atoms with E-state index in [1.54, 1.807) is 32.2 Å². The van der Waals surface area contributed by atoms with Crippen molar-refractivity contribution in [3.05, 3.63) is 65.9 Å². The molecule has 218 valence electrons. The molecule has 41 heavy (non-hydrogen) atoms. The molecule has 11 heteroatoms. The molecule has 4 rings (SSSR count). The predicted molar refractivity (Wildman–Crippen MR) is 153 cm³/mol. The quantitative estimate of drug-likeness (QED) is 0.205. The third kappa shape index (κ3) is 7.04. The van der Waals surface area contributed by atoms with Crippen molar-refractivity contribution in [1.29, 1.82) is 0 Å². The summed E-state index contributed by atoms with van der Waals surface area (Å²) in [5.41, 5.74) is 8.65. The van der Waals surface area contributed by atoms with Gasteiger partial charge in [-0.05, 0) is 54.5 Å². The number of carbonyl (C=O) groups is 4. The molecule has 2 heterocycles. The van der Waals surface area contributed by atoms with Crippen molar-refractivity contribution in [2.45, 2.75) is 63.7 Å². The SMILES string of the molecule is CC(C)C(NC(=O)C(Cc1c[nH]c2ccccc12)NC(=O)C1CCCN1C(=O)C(N)Cc1ccc(O)cc1)C(=O)O. The standard InChI is InChI=1S/C30H37N5O6/c1-17(2)26(30(40)41)34-27(37)24(15-19-16-32-23-7-4-3-6-21(19)23)33-28(38)25-8-5-13-35(25)29(39)22(31)14-18-9-11-20(36)12-10-18/h3-4,6-7,9-12,16-17,22,24-26,32,36H,5,8,13-15,31H2,1-2H3,(H,33,38)(H,34,37)(H,40,41). The van der Waals surface area contributed by atoms with Crippen LogP contribution in [-0.2, 0) is 32.0 Å². The number of nitrogens with one attached hydrogen (secondary N) is 3. The van der Waals surface area contributed by atoms with E-state index in [4.69, 9.17) is 5.73 Å². The van der Waals surface area contributed by atoms with E-state index in [0.717, 1.165) is 22.0 Å². The molecule has 3 aromatic rings. The molecule has 4 atom stereocenters. The maximum absolute atomic E-state index is 13.6. The lowest BCUT2D eigenvalue weighted by atomic mass is 10.0. The monoisotopic (exact) mass is 563 g/mol. The first kappa shape index (κ1) is 29.6. The summed E-state index contributed by atoms with van der Waals surface area (Å²) in [6.07, 6.45) is 3.13. The fourth-order valence-electron chi connectivity index (χ4n) is 5.25. The minimum absolute atomic E-state index is 0.110. The Labute approximate surface area is 238 Å². The van der Waals surface area contributed by atoms with Crippen molar-refractivity contribution in [3.8, 4) is 5.75 Å². The van der Waals surface area contributed by atoms with Crippen LogP contribution >= 0.6 is 0 Å². The van der Waals surface area contributed by atoms with Gasteiger partial charge in [-0.25, -0.2) is 4.79 Å². The molecular weight excluding hydrogens is 526 g/mol. The van der Waals surface area contributed by atoms with Gasteiger partial charge in [0.2, 0.25) is 17.7 Å². The summed E-state index contributed by atoms with van der Waals surface area (Å²) in [4.78, 5) is 56.6. The van der Waals surface area contributed by atoms with E-state index in [0.29, 0.717) is 19.4 Å². The molecule has 1 aliphatic rings. The van der Waals surface area contributed by atoms with E-state index in [9.17, 15) is 29.4 Å². The number of nitrogens with two attached hydrogens (primary N) is 1. The molecule has 0 saturated carbocycles. The highest BCUT2D eigenvalue weighted by Crippen LogP contribution is 2.22. The number of hydrogen-bond donors (Lipinski definition) is 6. The lowest BCUT2D eigenvalue weighted by Gasteiger charge is -2.29. The van der Waals surface area contributed by atoms with Gasteiger partial charge < -0.3 is 36.5 Å². The molecule has 11 nitrogen and oxygen atoms in total. The number of carboxylic acid groups (broad SMARTS) is 1. The van der Waals surface area contributed by atoms with Crippen LogP contribution in [0.3, 0.4) is 0 Å². The number of H-pyrrole nitrogens is 1. The number of fused-ring (bicyclic) bond motifs is 1. The maximum Gasteiger partial charge on any atom is 0.326 e. The molecule has 3 amide bonds. The minimum Gasteiger partial charge on any atom is -0.508 e. The van der Waals surface area contributed by atoms with E-state index in [2.05, 4.69) is 15.6 Å². The van der Waals surface area contributed by atoms with Crippen LogP contribution in [0.15, 0.2) is 54.7 Å². The minimum atomic E-state index is -1.17. The summed E-state index contributed by atoms with van der Waals surface area (Å²) in [5, 5.41) is 25.4. The summed E-state index contributed by atoms with van der Waals surface area (Å²) in [7, 11) is 0. The molecule has 2 aromatic carbocycles. The highest BCUT2D eigenvalue weighted by molar-refractivity contribution is 5.95. The molecule has 4 unspecified atom stereocenters. The van der Waals surface area contributed by atoms with Crippen LogP contribution < -0.4 is 16.4 Å². The van der Waals surface area contributed by atoms with Gasteiger partial charge >= 0.3 is 5.97 Å². The Morgan fingerprint density at radius 2 is 1.76 bits per heavy atom. The van der Waals surface area contributed by atoms with E-state index < -0.39 is 42.0 Å². The zero-order valence-electron chi connectivity index (χ0n) is 23.2. The van der Waals surface area contributed by atoms with E-state index in [1.165, 1.54) is 17.0 Å². The lowest BCUT2D eigenvalue weighted by molar-refractivity contribution is -0.144. The Hall–Kier alpha value is -4.38. The van der Waals surface area contributed by atoms with Gasteiger partial charge in [0.05, 0.1) is 6.04 Å². The average Bonchev–Trinajstić information content (AvgIpc) is 3.59. The first-order valence-electron chi connectivity index (χ1n) is 13.8. The van der Waals surface area contributed by atoms with Crippen molar-refractivity contribution in [1.82, 2.24) is 20.5 Å². The van der Waals surface area contributed by atoms with Gasteiger partial charge in [0.25, 0.3) is 0 Å². The van der Waals surface area contributed by atoms with Crippen LogP contribution in [-0.4, -0.2) is 74.5 Å². The number of amides is 3.